The fraction of sp³-hybridized carbons (Fsp3) is 0.476. The van der Waals surface area contributed by atoms with E-state index >= 15 is 0 Å². The fourth-order valence-corrected chi connectivity index (χ4v) is 3.58. The number of benzene rings is 1. The molecule has 1 aliphatic carbocycles. The maximum Gasteiger partial charge on any atom is 0.274 e. The van der Waals surface area contributed by atoms with Crippen LogP contribution in [0.3, 0.4) is 0 Å². The van der Waals surface area contributed by atoms with Crippen molar-refractivity contribution in [1.82, 2.24) is 15.3 Å². The molecule has 2 N–H and O–H groups in total. The van der Waals surface area contributed by atoms with Gasteiger partial charge in [-0.25, -0.2) is 9.97 Å². The SMILES string of the molecule is CCCN(CC1CC1)c1cc(C(=O)Nc2ccc3c(c2)CNCC3)ncn1.Cl. The van der Waals surface area contributed by atoms with E-state index in [1.807, 2.05) is 12.1 Å². The van der Waals surface area contributed by atoms with Crippen molar-refractivity contribution in [3.05, 3.63) is 47.4 Å². The lowest BCUT2D eigenvalue weighted by molar-refractivity contribution is 0.102. The molecule has 0 atom stereocenters. The van der Waals surface area contributed by atoms with Gasteiger partial charge in [0, 0.05) is 31.4 Å². The lowest BCUT2D eigenvalue weighted by Crippen LogP contribution is -2.28. The fourth-order valence-electron chi connectivity index (χ4n) is 3.58. The largest absolute Gasteiger partial charge is 0.356 e. The number of rotatable bonds is 7. The zero-order valence-corrected chi connectivity index (χ0v) is 17.1. The van der Waals surface area contributed by atoms with Crippen LogP contribution in [0.15, 0.2) is 30.6 Å². The van der Waals surface area contributed by atoms with Gasteiger partial charge < -0.3 is 15.5 Å². The molecular formula is C21H28ClN5O. The Hall–Kier alpha value is -2.18. The quantitative estimate of drug-likeness (QED) is 0.743. The van der Waals surface area contributed by atoms with Crippen molar-refractivity contribution >= 4 is 29.8 Å². The minimum Gasteiger partial charge on any atom is -0.356 e. The Balaban J connectivity index is 0.00000225. The van der Waals surface area contributed by atoms with Crippen molar-refractivity contribution in [3.8, 4) is 0 Å². The third-order valence-electron chi connectivity index (χ3n) is 5.23. The van der Waals surface area contributed by atoms with E-state index < -0.39 is 0 Å². The Bertz CT molecular complexity index is 824. The molecule has 1 saturated carbocycles. The lowest BCUT2D eigenvalue weighted by Gasteiger charge is -2.23. The molecule has 0 spiro atoms. The summed E-state index contributed by atoms with van der Waals surface area (Å²) in [5.41, 5.74) is 3.83. The average Bonchev–Trinajstić information content (AvgIpc) is 3.52. The van der Waals surface area contributed by atoms with E-state index in [4.69, 9.17) is 0 Å². The summed E-state index contributed by atoms with van der Waals surface area (Å²) < 4.78 is 0. The Kier molecular flexibility index (Phi) is 6.86. The summed E-state index contributed by atoms with van der Waals surface area (Å²) in [5, 5.41) is 6.35. The molecular weight excluding hydrogens is 374 g/mol. The molecule has 4 rings (SSSR count). The van der Waals surface area contributed by atoms with Gasteiger partial charge in [-0.2, -0.15) is 0 Å². The molecule has 0 saturated heterocycles. The molecule has 1 fully saturated rings. The molecule has 1 aromatic heterocycles. The van der Waals surface area contributed by atoms with Crippen molar-refractivity contribution < 1.29 is 4.79 Å². The standard InChI is InChI=1S/C21H27N5O.ClH/c1-2-9-26(13-15-3-4-15)20-11-19(23-14-24-20)21(27)25-18-6-5-16-7-8-22-12-17(16)10-18;/h5-6,10-11,14-15,22H,2-4,7-9,12-13H2,1H3,(H,25,27);1H. The van der Waals surface area contributed by atoms with E-state index in [2.05, 4.69) is 44.6 Å². The van der Waals surface area contributed by atoms with Gasteiger partial charge in [0.15, 0.2) is 0 Å². The maximum atomic E-state index is 12.7. The highest BCUT2D eigenvalue weighted by Gasteiger charge is 2.25. The van der Waals surface area contributed by atoms with Gasteiger partial charge in [0.25, 0.3) is 5.91 Å². The molecule has 2 aliphatic rings. The highest BCUT2D eigenvalue weighted by molar-refractivity contribution is 6.03. The van der Waals surface area contributed by atoms with Crippen LogP contribution < -0.4 is 15.5 Å². The van der Waals surface area contributed by atoms with Crippen molar-refractivity contribution in [2.24, 2.45) is 5.92 Å². The molecule has 0 bridgehead atoms. The minimum atomic E-state index is -0.190. The number of hydrogen-bond acceptors (Lipinski definition) is 5. The first kappa shape index (κ1) is 20.6. The number of nitrogens with zero attached hydrogens (tertiary/aromatic N) is 3. The second-order valence-electron chi connectivity index (χ2n) is 7.52. The van der Waals surface area contributed by atoms with E-state index in [1.165, 1.54) is 30.3 Å². The van der Waals surface area contributed by atoms with Gasteiger partial charge in [0.05, 0.1) is 0 Å². The zero-order chi connectivity index (χ0) is 18.6. The second-order valence-corrected chi connectivity index (χ2v) is 7.52. The second kappa shape index (κ2) is 9.34. The van der Waals surface area contributed by atoms with Crippen LogP contribution in [0.5, 0.6) is 0 Å². The number of carbonyl (C=O) groups excluding carboxylic acids is 1. The molecule has 1 aliphatic heterocycles. The van der Waals surface area contributed by atoms with Crippen molar-refractivity contribution in [2.45, 2.75) is 39.2 Å². The smallest absolute Gasteiger partial charge is 0.274 e. The number of anilines is 2. The first-order valence-corrected chi connectivity index (χ1v) is 9.94. The lowest BCUT2D eigenvalue weighted by atomic mass is 10.0. The van der Waals surface area contributed by atoms with Crippen LogP contribution in [-0.2, 0) is 13.0 Å². The number of fused-ring (bicyclic) bond motifs is 1. The van der Waals surface area contributed by atoms with Crippen LogP contribution in [0.2, 0.25) is 0 Å². The summed E-state index contributed by atoms with van der Waals surface area (Å²) in [4.78, 5) is 23.6. The molecule has 150 valence electrons. The van der Waals surface area contributed by atoms with Crippen LogP contribution in [0.1, 0.15) is 47.8 Å². The molecule has 1 aromatic carbocycles. The molecule has 7 heteroatoms. The zero-order valence-electron chi connectivity index (χ0n) is 16.3. The summed E-state index contributed by atoms with van der Waals surface area (Å²) in [5.74, 6) is 1.43. The van der Waals surface area contributed by atoms with Gasteiger partial charge >= 0.3 is 0 Å². The minimum absolute atomic E-state index is 0. The molecule has 0 radical (unpaired) electrons. The molecule has 2 aromatic rings. The molecule has 1 amide bonds. The highest BCUT2D eigenvalue weighted by atomic mass is 35.5. The summed E-state index contributed by atoms with van der Waals surface area (Å²) in [7, 11) is 0. The number of nitrogens with one attached hydrogen (secondary N) is 2. The topological polar surface area (TPSA) is 70.2 Å². The first-order valence-electron chi connectivity index (χ1n) is 9.94. The Morgan fingerprint density at radius 1 is 1.25 bits per heavy atom. The van der Waals surface area contributed by atoms with Gasteiger partial charge in [0.2, 0.25) is 0 Å². The average molecular weight is 402 g/mol. The number of aromatic nitrogens is 2. The van der Waals surface area contributed by atoms with Crippen molar-refractivity contribution in [2.75, 3.05) is 29.9 Å². The first-order chi connectivity index (χ1) is 13.2. The highest BCUT2D eigenvalue weighted by Crippen LogP contribution is 2.31. The molecule has 2 heterocycles. The number of carbonyl (C=O) groups is 1. The maximum absolute atomic E-state index is 12.7. The van der Waals surface area contributed by atoms with Gasteiger partial charge in [0.1, 0.15) is 17.8 Å². The van der Waals surface area contributed by atoms with E-state index in [0.717, 1.165) is 56.4 Å². The van der Waals surface area contributed by atoms with Crippen molar-refractivity contribution in [1.29, 1.82) is 0 Å². The molecule has 0 unspecified atom stereocenters. The Labute approximate surface area is 172 Å². The predicted octanol–water partition coefficient (Wildman–Crippen LogP) is 3.42. The van der Waals surface area contributed by atoms with Crippen LogP contribution in [-0.4, -0.2) is 35.5 Å². The third kappa shape index (κ3) is 5.00. The van der Waals surface area contributed by atoms with E-state index in [-0.39, 0.29) is 18.3 Å². The number of amides is 1. The number of halogens is 1. The summed E-state index contributed by atoms with van der Waals surface area (Å²) >= 11 is 0. The summed E-state index contributed by atoms with van der Waals surface area (Å²) in [6.45, 7) is 6.00. The van der Waals surface area contributed by atoms with Crippen LogP contribution >= 0.6 is 12.4 Å². The molecule has 28 heavy (non-hydrogen) atoms. The summed E-state index contributed by atoms with van der Waals surface area (Å²) in [6, 6.07) is 7.95. The van der Waals surface area contributed by atoms with E-state index in [1.54, 1.807) is 0 Å². The Morgan fingerprint density at radius 2 is 2.11 bits per heavy atom. The predicted molar refractivity (Wildman–Crippen MR) is 114 cm³/mol. The summed E-state index contributed by atoms with van der Waals surface area (Å²) in [6.07, 6.45) is 6.18. The molecule has 6 nitrogen and oxygen atoms in total. The van der Waals surface area contributed by atoms with Gasteiger partial charge in [-0.05, 0) is 61.4 Å². The van der Waals surface area contributed by atoms with Gasteiger partial charge in [-0.15, -0.1) is 12.4 Å². The van der Waals surface area contributed by atoms with E-state index in [9.17, 15) is 4.79 Å². The van der Waals surface area contributed by atoms with Crippen LogP contribution in [0.4, 0.5) is 11.5 Å². The van der Waals surface area contributed by atoms with Crippen molar-refractivity contribution in [3.63, 3.8) is 0 Å². The van der Waals surface area contributed by atoms with Gasteiger partial charge in [-0.3, -0.25) is 4.79 Å². The Morgan fingerprint density at radius 3 is 2.89 bits per heavy atom. The monoisotopic (exact) mass is 401 g/mol. The van der Waals surface area contributed by atoms with Gasteiger partial charge in [-0.1, -0.05) is 13.0 Å². The van der Waals surface area contributed by atoms with Crippen LogP contribution in [0.25, 0.3) is 0 Å². The third-order valence-corrected chi connectivity index (χ3v) is 5.23. The van der Waals surface area contributed by atoms with Crippen LogP contribution in [0, 0.1) is 5.92 Å². The normalized spacial score (nSPS) is 15.3. The number of hydrogen-bond donors (Lipinski definition) is 2. The van der Waals surface area contributed by atoms with E-state index in [0.29, 0.717) is 5.69 Å².